The first-order chi connectivity index (χ1) is 16.5. The van der Waals surface area contributed by atoms with Crippen LogP contribution < -0.4 is 10.4 Å². The van der Waals surface area contributed by atoms with Crippen molar-refractivity contribution in [3.8, 4) is 0 Å². The molecule has 0 bridgehead atoms. The summed E-state index contributed by atoms with van der Waals surface area (Å²) in [7, 11) is -2.83. The van der Waals surface area contributed by atoms with Crippen LogP contribution in [0.15, 0.2) is 60.7 Å². The van der Waals surface area contributed by atoms with Crippen LogP contribution in [0, 0.1) is 0 Å². The summed E-state index contributed by atoms with van der Waals surface area (Å²) in [6, 6.07) is 21.0. The first-order valence-electron chi connectivity index (χ1n) is 12.7. The highest BCUT2D eigenvalue weighted by Crippen LogP contribution is 2.56. The highest BCUT2D eigenvalue weighted by atomic mass is 28.4. The van der Waals surface area contributed by atoms with Gasteiger partial charge in [0, 0.05) is 12.8 Å². The van der Waals surface area contributed by atoms with Crippen LogP contribution >= 0.6 is 0 Å². The Morgan fingerprint density at radius 2 is 1.46 bits per heavy atom. The third kappa shape index (κ3) is 3.75. The first-order valence-corrected chi connectivity index (χ1v) is 14.6. The second-order valence-corrected chi connectivity index (χ2v) is 16.2. The fourth-order valence-electron chi connectivity index (χ4n) is 6.69. The van der Waals surface area contributed by atoms with E-state index in [2.05, 4.69) is 69.3 Å². The van der Waals surface area contributed by atoms with Gasteiger partial charge in [-0.05, 0) is 29.3 Å². The Labute approximate surface area is 208 Å². The Balaban J connectivity index is 1.35. The molecule has 0 amide bonds. The third-order valence-corrected chi connectivity index (χ3v) is 13.2. The number of hydrogen-bond acceptors (Lipinski definition) is 6. The number of aliphatic hydroxyl groups excluding tert-OH is 1. The summed E-state index contributed by atoms with van der Waals surface area (Å²) in [5.74, 6) is -0.639. The Morgan fingerprint density at radius 1 is 0.857 bits per heavy atom. The van der Waals surface area contributed by atoms with Crippen LogP contribution in [0.5, 0.6) is 0 Å². The fourth-order valence-corrected chi connectivity index (χ4v) is 11.4. The SMILES string of the molecule is CC1(C)O[C@H]2[C@H]3O[C@H]3[C@]3(CC(O[Si](c4ccccc4)(c4ccccc4)C(C)(C)C)C(O)O3)C[C@H]2O1. The predicted octanol–water partition coefficient (Wildman–Crippen LogP) is 3.10. The molecule has 2 aromatic rings. The van der Waals surface area contributed by atoms with Crippen molar-refractivity contribution in [3.63, 3.8) is 0 Å². The van der Waals surface area contributed by atoms with E-state index < -0.39 is 32.1 Å². The Bertz CT molecular complexity index is 1030. The van der Waals surface area contributed by atoms with E-state index in [4.69, 9.17) is 23.4 Å². The molecule has 1 N–H and O–H groups in total. The van der Waals surface area contributed by atoms with Gasteiger partial charge in [-0.3, -0.25) is 0 Å². The molecule has 0 radical (unpaired) electrons. The number of hydrogen-bond donors (Lipinski definition) is 1. The molecular weight excluding hydrogens is 460 g/mol. The van der Waals surface area contributed by atoms with Crippen LogP contribution in [-0.2, 0) is 23.4 Å². The number of epoxide rings is 1. The van der Waals surface area contributed by atoms with Crippen LogP contribution in [0.2, 0.25) is 5.04 Å². The maximum absolute atomic E-state index is 11.3. The summed E-state index contributed by atoms with van der Waals surface area (Å²) in [6.07, 6.45) is -0.692. The zero-order chi connectivity index (χ0) is 24.6. The van der Waals surface area contributed by atoms with Gasteiger partial charge in [0.25, 0.3) is 8.32 Å². The van der Waals surface area contributed by atoms with Gasteiger partial charge >= 0.3 is 0 Å². The number of fused-ring (bicyclic) bond motifs is 4. The van der Waals surface area contributed by atoms with Gasteiger partial charge in [0.05, 0.1) is 12.2 Å². The van der Waals surface area contributed by atoms with Crippen molar-refractivity contribution in [1.82, 2.24) is 0 Å². The second kappa shape index (κ2) is 7.96. The molecular formula is C28H36O6Si. The van der Waals surface area contributed by atoms with Gasteiger partial charge in [-0.2, -0.15) is 0 Å². The summed E-state index contributed by atoms with van der Waals surface area (Å²) in [5.41, 5.74) is -0.634. The molecule has 1 aliphatic carbocycles. The van der Waals surface area contributed by atoms with E-state index in [1.54, 1.807) is 0 Å². The van der Waals surface area contributed by atoms with Crippen molar-refractivity contribution in [1.29, 1.82) is 0 Å². The summed E-state index contributed by atoms with van der Waals surface area (Å²) in [4.78, 5) is 0. The molecule has 4 aliphatic rings. The van der Waals surface area contributed by atoms with E-state index in [-0.39, 0.29) is 29.5 Å². The van der Waals surface area contributed by atoms with Crippen molar-refractivity contribution in [2.24, 2.45) is 0 Å². The van der Waals surface area contributed by atoms with Gasteiger partial charge in [0.1, 0.15) is 23.9 Å². The molecule has 7 heteroatoms. The Hall–Kier alpha value is -1.58. The van der Waals surface area contributed by atoms with Gasteiger partial charge in [-0.25, -0.2) is 0 Å². The number of benzene rings is 2. The molecule has 2 aromatic carbocycles. The Kier molecular flexibility index (Phi) is 5.41. The maximum atomic E-state index is 11.3. The van der Waals surface area contributed by atoms with Gasteiger partial charge in [-0.15, -0.1) is 0 Å². The molecule has 1 saturated carbocycles. The summed E-state index contributed by atoms with van der Waals surface area (Å²) < 4.78 is 32.0. The average Bonchev–Trinajstić information content (AvgIpc) is 3.48. The molecule has 2 unspecified atom stereocenters. The molecule has 4 fully saturated rings. The van der Waals surface area contributed by atoms with Crippen LogP contribution in [0.4, 0.5) is 0 Å². The average molecular weight is 497 g/mol. The fraction of sp³-hybridized carbons (Fsp3) is 0.571. The van der Waals surface area contributed by atoms with Crippen LogP contribution in [0.3, 0.4) is 0 Å². The minimum absolute atomic E-state index is 0.0608. The molecule has 3 aliphatic heterocycles. The summed E-state index contributed by atoms with van der Waals surface area (Å²) in [6.45, 7) is 10.6. The van der Waals surface area contributed by atoms with Gasteiger partial charge in [0.2, 0.25) is 0 Å². The van der Waals surface area contributed by atoms with Crippen LogP contribution in [-0.4, -0.2) is 61.6 Å². The standard InChI is InChI=1S/C28H36O6Si/c1-26(2,3)35(18-12-8-6-9-13-18,19-14-10-7-11-15-19)34-21-17-28(33-25(21)29)16-20-22(23-24(28)30-23)32-27(4,5)31-20/h6-15,20-25,29H,16-17H2,1-5H3/t20-,21?,22-,23-,24-,25?,28-/m1/s1. The second-order valence-electron chi connectivity index (χ2n) is 12.0. The van der Waals surface area contributed by atoms with Gasteiger partial charge < -0.3 is 28.5 Å². The molecule has 7 atom stereocenters. The number of ether oxygens (including phenoxy) is 4. The zero-order valence-corrected chi connectivity index (χ0v) is 22.1. The molecule has 188 valence electrons. The topological polar surface area (TPSA) is 69.7 Å². The lowest BCUT2D eigenvalue weighted by molar-refractivity contribution is -0.180. The first kappa shape index (κ1) is 23.8. The van der Waals surface area contributed by atoms with Crippen molar-refractivity contribution in [2.75, 3.05) is 0 Å². The lowest BCUT2D eigenvalue weighted by Gasteiger charge is -2.45. The molecule has 1 spiro atoms. The zero-order valence-electron chi connectivity index (χ0n) is 21.1. The van der Waals surface area contributed by atoms with Crippen molar-refractivity contribution < 1.29 is 28.5 Å². The quantitative estimate of drug-likeness (QED) is 0.518. The largest absolute Gasteiger partial charge is 0.399 e. The maximum Gasteiger partial charge on any atom is 0.261 e. The molecule has 0 aromatic heterocycles. The lowest BCUT2D eigenvalue weighted by Crippen LogP contribution is -2.68. The molecule has 6 rings (SSSR count). The molecule has 3 heterocycles. The number of rotatable bonds is 4. The smallest absolute Gasteiger partial charge is 0.261 e. The summed E-state index contributed by atoms with van der Waals surface area (Å²) >= 11 is 0. The van der Waals surface area contributed by atoms with Crippen molar-refractivity contribution in [2.45, 2.75) is 101 Å². The van der Waals surface area contributed by atoms with E-state index in [0.717, 1.165) is 0 Å². The van der Waals surface area contributed by atoms with E-state index in [9.17, 15) is 5.11 Å². The van der Waals surface area contributed by atoms with E-state index in [1.807, 2.05) is 26.0 Å². The van der Waals surface area contributed by atoms with Crippen molar-refractivity contribution >= 4 is 18.7 Å². The van der Waals surface area contributed by atoms with E-state index in [0.29, 0.717) is 12.8 Å². The lowest BCUT2D eigenvalue weighted by atomic mass is 9.79. The Morgan fingerprint density at radius 3 is 2.03 bits per heavy atom. The minimum atomic E-state index is -2.83. The van der Waals surface area contributed by atoms with E-state index in [1.165, 1.54) is 10.4 Å². The number of aliphatic hydroxyl groups is 1. The van der Waals surface area contributed by atoms with Crippen molar-refractivity contribution in [3.05, 3.63) is 60.7 Å². The van der Waals surface area contributed by atoms with Crippen LogP contribution in [0.25, 0.3) is 0 Å². The monoisotopic (exact) mass is 496 g/mol. The molecule has 6 nitrogen and oxygen atoms in total. The third-order valence-electron chi connectivity index (χ3n) is 8.10. The van der Waals surface area contributed by atoms with E-state index >= 15 is 0 Å². The molecule has 35 heavy (non-hydrogen) atoms. The highest BCUT2D eigenvalue weighted by molar-refractivity contribution is 6.99. The molecule has 3 saturated heterocycles. The predicted molar refractivity (Wildman–Crippen MR) is 134 cm³/mol. The van der Waals surface area contributed by atoms with Gasteiger partial charge in [-0.1, -0.05) is 81.4 Å². The minimum Gasteiger partial charge on any atom is -0.399 e. The van der Waals surface area contributed by atoms with Crippen LogP contribution in [0.1, 0.15) is 47.5 Å². The highest BCUT2D eigenvalue weighted by Gasteiger charge is 2.72. The normalized spacial score (nSPS) is 37.8. The summed E-state index contributed by atoms with van der Waals surface area (Å²) in [5, 5.41) is 13.4. The van der Waals surface area contributed by atoms with Gasteiger partial charge in [0.15, 0.2) is 12.1 Å².